The molecule has 0 fully saturated rings. The molecule has 5 nitrogen and oxygen atoms in total. The summed E-state index contributed by atoms with van der Waals surface area (Å²) in [5.74, 6) is 0. The summed E-state index contributed by atoms with van der Waals surface area (Å²) in [5, 5.41) is 14.0. The Morgan fingerprint density at radius 3 is 2.42 bits per heavy atom. The van der Waals surface area contributed by atoms with Gasteiger partial charge < -0.3 is 4.42 Å². The zero-order valence-electron chi connectivity index (χ0n) is 12.5. The minimum atomic E-state index is -0.381. The van der Waals surface area contributed by atoms with Crippen molar-refractivity contribution in [3.8, 4) is 11.1 Å². The first-order valence-corrected chi connectivity index (χ1v) is 7.57. The Balaban J connectivity index is 1.93. The summed E-state index contributed by atoms with van der Waals surface area (Å²) in [6.07, 6.45) is 0. The van der Waals surface area contributed by atoms with Crippen LogP contribution < -0.4 is 5.63 Å². The lowest BCUT2D eigenvalue weighted by Crippen LogP contribution is -2.03. The van der Waals surface area contributed by atoms with Crippen molar-refractivity contribution in [1.82, 2.24) is 15.4 Å². The fourth-order valence-electron chi connectivity index (χ4n) is 3.12. The van der Waals surface area contributed by atoms with Gasteiger partial charge in [0.1, 0.15) is 16.6 Å². The van der Waals surface area contributed by atoms with Crippen molar-refractivity contribution < 1.29 is 4.42 Å². The minimum absolute atomic E-state index is 0.381. The number of aromatic amines is 1. The molecule has 0 saturated carbocycles. The lowest BCUT2D eigenvalue weighted by molar-refractivity contribution is 0.563. The first kappa shape index (κ1) is 13.0. The van der Waals surface area contributed by atoms with E-state index in [9.17, 15) is 4.79 Å². The third-order valence-electron chi connectivity index (χ3n) is 4.25. The Hall–Kier alpha value is -3.47. The molecule has 1 N–H and O–H groups in total. The smallest absolute Gasteiger partial charge is 0.344 e. The largest absolute Gasteiger partial charge is 0.422 e. The van der Waals surface area contributed by atoms with Gasteiger partial charge in [-0.1, -0.05) is 42.5 Å². The van der Waals surface area contributed by atoms with Crippen molar-refractivity contribution in [2.24, 2.45) is 0 Å². The van der Waals surface area contributed by atoms with Crippen LogP contribution in [0.1, 0.15) is 0 Å². The van der Waals surface area contributed by atoms with Gasteiger partial charge in [-0.05, 0) is 23.6 Å². The van der Waals surface area contributed by atoms with E-state index in [2.05, 4.69) is 15.4 Å². The van der Waals surface area contributed by atoms with Crippen LogP contribution in [0.5, 0.6) is 0 Å². The highest BCUT2D eigenvalue weighted by molar-refractivity contribution is 6.10. The van der Waals surface area contributed by atoms with E-state index in [1.807, 2.05) is 54.6 Å². The molecule has 0 radical (unpaired) electrons. The predicted molar refractivity (Wildman–Crippen MR) is 92.9 cm³/mol. The highest BCUT2D eigenvalue weighted by Crippen LogP contribution is 2.32. The van der Waals surface area contributed by atoms with Crippen LogP contribution in [-0.2, 0) is 0 Å². The van der Waals surface area contributed by atoms with Crippen LogP contribution in [0, 0.1) is 0 Å². The first-order valence-electron chi connectivity index (χ1n) is 7.57. The number of nitrogens with one attached hydrogen (secondary N) is 1. The highest BCUT2D eigenvalue weighted by Gasteiger charge is 2.15. The van der Waals surface area contributed by atoms with Crippen molar-refractivity contribution in [3.63, 3.8) is 0 Å². The molecule has 0 saturated heterocycles. The third-order valence-corrected chi connectivity index (χ3v) is 4.25. The fraction of sp³-hybridized carbons (Fsp3) is 0. The van der Waals surface area contributed by atoms with Gasteiger partial charge in [0.25, 0.3) is 0 Å². The van der Waals surface area contributed by atoms with E-state index in [1.165, 1.54) is 0 Å². The highest BCUT2D eigenvalue weighted by atomic mass is 16.4. The summed E-state index contributed by atoms with van der Waals surface area (Å²) in [7, 11) is 0. The zero-order valence-corrected chi connectivity index (χ0v) is 12.5. The van der Waals surface area contributed by atoms with E-state index in [1.54, 1.807) is 6.07 Å². The summed E-state index contributed by atoms with van der Waals surface area (Å²) < 4.78 is 5.47. The van der Waals surface area contributed by atoms with Crippen molar-refractivity contribution in [1.29, 1.82) is 0 Å². The van der Waals surface area contributed by atoms with Gasteiger partial charge in [-0.15, -0.1) is 0 Å². The van der Waals surface area contributed by atoms with E-state index in [0.29, 0.717) is 16.7 Å². The number of hydrogen-bond donors (Lipinski definition) is 1. The monoisotopic (exact) mass is 313 g/mol. The Kier molecular flexibility index (Phi) is 2.58. The molecule has 0 amide bonds. The third kappa shape index (κ3) is 1.78. The number of rotatable bonds is 1. The van der Waals surface area contributed by atoms with Crippen LogP contribution in [0.15, 0.2) is 69.9 Å². The molecule has 0 spiro atoms. The van der Waals surface area contributed by atoms with Gasteiger partial charge >= 0.3 is 5.63 Å². The molecule has 2 heterocycles. The maximum absolute atomic E-state index is 12.5. The van der Waals surface area contributed by atoms with Crippen molar-refractivity contribution >= 4 is 32.8 Å². The average molecular weight is 313 g/mol. The second-order valence-corrected chi connectivity index (χ2v) is 5.65. The Bertz CT molecular complexity index is 1280. The number of fused-ring (bicyclic) bond motifs is 4. The summed E-state index contributed by atoms with van der Waals surface area (Å²) in [5.41, 5.74) is 2.80. The van der Waals surface area contributed by atoms with Crippen LogP contribution in [0.3, 0.4) is 0 Å². The maximum Gasteiger partial charge on any atom is 0.344 e. The van der Waals surface area contributed by atoms with Gasteiger partial charge in [0.15, 0.2) is 0 Å². The normalized spacial score (nSPS) is 11.5. The predicted octanol–water partition coefficient (Wildman–Crippen LogP) is 3.88. The van der Waals surface area contributed by atoms with Crippen LogP contribution in [0.2, 0.25) is 0 Å². The van der Waals surface area contributed by atoms with Gasteiger partial charge in [-0.3, -0.25) is 0 Å². The molecule has 0 aliphatic rings. The van der Waals surface area contributed by atoms with Gasteiger partial charge in [-0.25, -0.2) is 4.79 Å². The second-order valence-electron chi connectivity index (χ2n) is 5.65. The summed E-state index contributed by atoms with van der Waals surface area (Å²) >= 11 is 0. The number of H-pyrrole nitrogens is 1. The van der Waals surface area contributed by atoms with E-state index in [0.717, 1.165) is 27.2 Å². The van der Waals surface area contributed by atoms with Crippen LogP contribution in [0.4, 0.5) is 0 Å². The Labute approximate surface area is 135 Å². The molecule has 0 atom stereocenters. The average Bonchev–Trinajstić information content (AvgIpc) is 3.10. The molecule has 5 rings (SSSR count). The van der Waals surface area contributed by atoms with E-state index in [-0.39, 0.29) is 5.63 Å². The molecule has 3 aromatic carbocycles. The van der Waals surface area contributed by atoms with E-state index >= 15 is 0 Å². The van der Waals surface area contributed by atoms with Crippen LogP contribution in [-0.4, -0.2) is 15.4 Å². The number of para-hydroxylation sites is 1. The zero-order chi connectivity index (χ0) is 16.1. The number of aromatic nitrogens is 3. The quantitative estimate of drug-likeness (QED) is 0.477. The minimum Gasteiger partial charge on any atom is -0.422 e. The molecule has 0 aliphatic heterocycles. The molecule has 5 aromatic rings. The SMILES string of the molecule is O=c1oc2ccccc2cc1-c1cc2ccccc2c2n[nH]nc12. The molecule has 0 aliphatic carbocycles. The molecule has 0 bridgehead atoms. The van der Waals surface area contributed by atoms with Crippen molar-refractivity contribution in [2.45, 2.75) is 0 Å². The number of benzene rings is 3. The second kappa shape index (κ2) is 4.76. The molecular formula is C19H11N3O2. The lowest BCUT2D eigenvalue weighted by Gasteiger charge is -2.06. The molecule has 114 valence electrons. The summed E-state index contributed by atoms with van der Waals surface area (Å²) in [6, 6.07) is 19.2. The topological polar surface area (TPSA) is 71.8 Å². The molecule has 24 heavy (non-hydrogen) atoms. The number of hydrogen-bond acceptors (Lipinski definition) is 4. The molecule has 0 unspecified atom stereocenters. The molecular weight excluding hydrogens is 302 g/mol. The Morgan fingerprint density at radius 2 is 1.50 bits per heavy atom. The van der Waals surface area contributed by atoms with Gasteiger partial charge in [0.05, 0.1) is 5.56 Å². The fourth-order valence-corrected chi connectivity index (χ4v) is 3.12. The standard InChI is InChI=1S/C19H11N3O2/c23-19-15(10-12-6-2-4-8-16(12)24-19)14-9-11-5-1-3-7-13(11)17-18(14)21-22-20-17/h1-10H,(H,20,21,22). The van der Waals surface area contributed by atoms with Crippen LogP contribution >= 0.6 is 0 Å². The van der Waals surface area contributed by atoms with Gasteiger partial charge in [-0.2, -0.15) is 15.4 Å². The molecule has 5 heteroatoms. The van der Waals surface area contributed by atoms with Gasteiger partial charge in [0, 0.05) is 16.3 Å². The van der Waals surface area contributed by atoms with E-state index in [4.69, 9.17) is 4.42 Å². The summed E-state index contributed by atoms with van der Waals surface area (Å²) in [4.78, 5) is 12.5. The summed E-state index contributed by atoms with van der Waals surface area (Å²) in [6.45, 7) is 0. The van der Waals surface area contributed by atoms with Crippen molar-refractivity contribution in [2.75, 3.05) is 0 Å². The molecule has 2 aromatic heterocycles. The van der Waals surface area contributed by atoms with Gasteiger partial charge in [0.2, 0.25) is 0 Å². The number of nitrogens with zero attached hydrogens (tertiary/aromatic N) is 2. The van der Waals surface area contributed by atoms with Crippen LogP contribution in [0.25, 0.3) is 43.9 Å². The van der Waals surface area contributed by atoms with E-state index < -0.39 is 0 Å². The Morgan fingerprint density at radius 1 is 0.792 bits per heavy atom. The lowest BCUT2D eigenvalue weighted by atomic mass is 9.99. The van der Waals surface area contributed by atoms with Crippen molar-refractivity contribution in [3.05, 3.63) is 71.1 Å². The first-order chi connectivity index (χ1) is 11.8. The maximum atomic E-state index is 12.5.